The molecule has 1 aromatic carbocycles. The molecule has 0 atom stereocenters. The Labute approximate surface area is 82.9 Å². The lowest BCUT2D eigenvalue weighted by molar-refractivity contribution is 1.02. The first-order chi connectivity index (χ1) is 5.33. The topological polar surface area (TPSA) is 64.1 Å². The summed E-state index contributed by atoms with van der Waals surface area (Å²) in [6.07, 6.45) is 0. The first kappa shape index (κ1) is 11.3. The maximum atomic E-state index is 5.50. The number of rotatable bonds is 3. The van der Waals surface area contributed by atoms with Gasteiger partial charge in [-0.3, -0.25) is 0 Å². The van der Waals surface area contributed by atoms with E-state index in [2.05, 4.69) is 5.32 Å². The first-order valence-corrected chi connectivity index (χ1v) is 3.62. The highest BCUT2D eigenvalue weighted by molar-refractivity contribution is 8.93. The molecule has 0 aliphatic carbocycles. The van der Waals surface area contributed by atoms with E-state index in [0.717, 1.165) is 17.9 Å². The van der Waals surface area contributed by atoms with Gasteiger partial charge in [-0.2, -0.15) is 0 Å². The lowest BCUT2D eigenvalue weighted by Crippen LogP contribution is -2.12. The maximum absolute atomic E-state index is 5.50. The summed E-state index contributed by atoms with van der Waals surface area (Å²) < 4.78 is 0. The van der Waals surface area contributed by atoms with Crippen LogP contribution in [0.1, 0.15) is 0 Å². The van der Waals surface area contributed by atoms with E-state index in [0.29, 0.717) is 6.54 Å². The molecule has 0 spiro atoms. The number of halogens is 1. The quantitative estimate of drug-likeness (QED) is 0.686. The molecule has 0 fully saturated rings. The van der Waals surface area contributed by atoms with Gasteiger partial charge in [0.05, 0.1) is 0 Å². The third kappa shape index (κ3) is 3.59. The minimum Gasteiger partial charge on any atom is -0.399 e. The summed E-state index contributed by atoms with van der Waals surface area (Å²) >= 11 is 0. The Morgan fingerprint density at radius 3 is 2.25 bits per heavy atom. The summed E-state index contributed by atoms with van der Waals surface area (Å²) in [6, 6.07) is 7.59. The molecule has 3 nitrogen and oxygen atoms in total. The largest absolute Gasteiger partial charge is 0.399 e. The highest BCUT2D eigenvalue weighted by Crippen LogP contribution is 2.09. The molecule has 0 saturated heterocycles. The van der Waals surface area contributed by atoms with Gasteiger partial charge < -0.3 is 16.8 Å². The molecule has 1 rings (SSSR count). The zero-order valence-corrected chi connectivity index (χ0v) is 8.50. The van der Waals surface area contributed by atoms with Crippen LogP contribution in [0.15, 0.2) is 24.3 Å². The van der Waals surface area contributed by atoms with E-state index < -0.39 is 0 Å². The predicted molar refractivity (Wildman–Crippen MR) is 58.7 cm³/mol. The van der Waals surface area contributed by atoms with E-state index in [1.54, 1.807) is 0 Å². The van der Waals surface area contributed by atoms with E-state index in [9.17, 15) is 0 Å². The van der Waals surface area contributed by atoms with Crippen LogP contribution >= 0.6 is 17.0 Å². The normalized spacial score (nSPS) is 8.75. The van der Waals surface area contributed by atoms with Gasteiger partial charge in [0.1, 0.15) is 0 Å². The molecular formula is C8H14BrN3. The summed E-state index contributed by atoms with van der Waals surface area (Å²) in [5.41, 5.74) is 12.7. The second kappa shape index (κ2) is 5.85. The monoisotopic (exact) mass is 231 g/mol. The van der Waals surface area contributed by atoms with Crippen molar-refractivity contribution in [3.8, 4) is 0 Å². The summed E-state index contributed by atoms with van der Waals surface area (Å²) in [6.45, 7) is 1.44. The Morgan fingerprint density at radius 2 is 1.75 bits per heavy atom. The molecule has 0 radical (unpaired) electrons. The van der Waals surface area contributed by atoms with E-state index in [1.807, 2.05) is 24.3 Å². The summed E-state index contributed by atoms with van der Waals surface area (Å²) in [4.78, 5) is 0. The molecule has 0 aromatic heterocycles. The molecule has 0 bridgehead atoms. The van der Waals surface area contributed by atoms with Crippen molar-refractivity contribution >= 4 is 28.4 Å². The first-order valence-electron chi connectivity index (χ1n) is 3.62. The van der Waals surface area contributed by atoms with Crippen LogP contribution in [0.5, 0.6) is 0 Å². The minimum atomic E-state index is 0. The Balaban J connectivity index is 0.00000121. The lowest BCUT2D eigenvalue weighted by atomic mass is 10.3. The summed E-state index contributed by atoms with van der Waals surface area (Å²) in [5, 5.41) is 3.14. The van der Waals surface area contributed by atoms with Crippen LogP contribution in [-0.4, -0.2) is 13.1 Å². The van der Waals surface area contributed by atoms with Gasteiger partial charge >= 0.3 is 0 Å². The van der Waals surface area contributed by atoms with Crippen LogP contribution in [0.25, 0.3) is 0 Å². The molecular weight excluding hydrogens is 218 g/mol. The number of hydrogen-bond acceptors (Lipinski definition) is 3. The molecule has 68 valence electrons. The van der Waals surface area contributed by atoms with Crippen molar-refractivity contribution in [1.82, 2.24) is 0 Å². The van der Waals surface area contributed by atoms with E-state index in [-0.39, 0.29) is 17.0 Å². The summed E-state index contributed by atoms with van der Waals surface area (Å²) in [7, 11) is 0. The van der Waals surface area contributed by atoms with Gasteiger partial charge in [0.2, 0.25) is 0 Å². The van der Waals surface area contributed by atoms with E-state index >= 15 is 0 Å². The fraction of sp³-hybridized carbons (Fsp3) is 0.250. The second-order valence-corrected chi connectivity index (χ2v) is 2.34. The molecule has 12 heavy (non-hydrogen) atoms. The molecule has 0 unspecified atom stereocenters. The van der Waals surface area contributed by atoms with Gasteiger partial charge in [-0.15, -0.1) is 17.0 Å². The Hall–Kier alpha value is -0.740. The SMILES string of the molecule is Br.NCCNc1ccc(N)cc1. The predicted octanol–water partition coefficient (Wildman–Crippen LogP) is 1.22. The number of hydrogen-bond donors (Lipinski definition) is 3. The molecule has 0 aliphatic heterocycles. The van der Waals surface area contributed by atoms with Gasteiger partial charge in [-0.05, 0) is 24.3 Å². The summed E-state index contributed by atoms with van der Waals surface area (Å²) in [5.74, 6) is 0. The highest BCUT2D eigenvalue weighted by Gasteiger charge is 1.88. The zero-order valence-electron chi connectivity index (χ0n) is 6.79. The van der Waals surface area contributed by atoms with Crippen LogP contribution in [0, 0.1) is 0 Å². The van der Waals surface area contributed by atoms with Gasteiger partial charge in [0.25, 0.3) is 0 Å². The Morgan fingerprint density at radius 1 is 1.17 bits per heavy atom. The van der Waals surface area contributed by atoms with Crippen molar-refractivity contribution in [2.24, 2.45) is 5.73 Å². The number of anilines is 2. The lowest BCUT2D eigenvalue weighted by Gasteiger charge is -2.03. The zero-order chi connectivity index (χ0) is 8.10. The van der Waals surface area contributed by atoms with Crippen LogP contribution in [0.4, 0.5) is 11.4 Å². The Bertz CT molecular complexity index is 210. The molecule has 0 aliphatic rings. The van der Waals surface area contributed by atoms with E-state index in [4.69, 9.17) is 11.5 Å². The van der Waals surface area contributed by atoms with Gasteiger partial charge in [-0.1, -0.05) is 0 Å². The van der Waals surface area contributed by atoms with Gasteiger partial charge in [-0.25, -0.2) is 0 Å². The molecule has 0 saturated carbocycles. The number of benzene rings is 1. The van der Waals surface area contributed by atoms with Crippen molar-refractivity contribution in [2.75, 3.05) is 24.1 Å². The van der Waals surface area contributed by atoms with Crippen LogP contribution in [0.2, 0.25) is 0 Å². The van der Waals surface area contributed by atoms with E-state index in [1.165, 1.54) is 0 Å². The van der Waals surface area contributed by atoms with Crippen molar-refractivity contribution in [1.29, 1.82) is 0 Å². The number of nitrogen functional groups attached to an aromatic ring is 1. The highest BCUT2D eigenvalue weighted by atomic mass is 79.9. The average Bonchev–Trinajstić information content (AvgIpc) is 2.04. The fourth-order valence-electron chi connectivity index (χ4n) is 0.817. The maximum Gasteiger partial charge on any atom is 0.0342 e. The van der Waals surface area contributed by atoms with Gasteiger partial charge in [0.15, 0.2) is 0 Å². The van der Waals surface area contributed by atoms with Crippen LogP contribution in [-0.2, 0) is 0 Å². The molecule has 1 aromatic rings. The minimum absolute atomic E-state index is 0. The number of nitrogens with one attached hydrogen (secondary N) is 1. The fourth-order valence-corrected chi connectivity index (χ4v) is 0.817. The van der Waals surface area contributed by atoms with Gasteiger partial charge in [0, 0.05) is 24.5 Å². The Kier molecular flexibility index (Phi) is 5.49. The van der Waals surface area contributed by atoms with Crippen LogP contribution < -0.4 is 16.8 Å². The molecule has 5 N–H and O–H groups in total. The average molecular weight is 232 g/mol. The van der Waals surface area contributed by atoms with Crippen molar-refractivity contribution in [3.05, 3.63) is 24.3 Å². The van der Waals surface area contributed by atoms with Crippen molar-refractivity contribution in [2.45, 2.75) is 0 Å². The smallest absolute Gasteiger partial charge is 0.0342 e. The van der Waals surface area contributed by atoms with Crippen molar-refractivity contribution in [3.63, 3.8) is 0 Å². The standard InChI is InChI=1S/C8H13N3.BrH/c9-5-6-11-8-3-1-7(10)2-4-8;/h1-4,11H,5-6,9-10H2;1H. The van der Waals surface area contributed by atoms with Crippen molar-refractivity contribution < 1.29 is 0 Å². The number of nitrogens with two attached hydrogens (primary N) is 2. The third-order valence-electron chi connectivity index (χ3n) is 1.38. The molecule has 0 amide bonds. The third-order valence-corrected chi connectivity index (χ3v) is 1.38. The second-order valence-electron chi connectivity index (χ2n) is 2.34. The molecule has 4 heteroatoms. The van der Waals surface area contributed by atoms with Crippen LogP contribution in [0.3, 0.4) is 0 Å². The molecule has 0 heterocycles.